The number of hydrogen-bond acceptors (Lipinski definition) is 12. The fourth-order valence-electron chi connectivity index (χ4n) is 5.03. The normalized spacial score (nSPS) is 32.3. The van der Waals surface area contributed by atoms with E-state index in [0.29, 0.717) is 6.54 Å². The topological polar surface area (TPSA) is 239 Å². The molecule has 17 nitrogen and oxygen atoms in total. The summed E-state index contributed by atoms with van der Waals surface area (Å²) >= 11 is 6.08. The molecule has 2 bridgehead atoms. The number of anilines is 1. The third kappa shape index (κ3) is 6.44. The summed E-state index contributed by atoms with van der Waals surface area (Å²) in [7, 11) is -9.58. The van der Waals surface area contributed by atoms with Gasteiger partial charge in [-0.2, -0.15) is 9.97 Å². The van der Waals surface area contributed by atoms with Crippen LogP contribution < -0.4 is 5.32 Å². The van der Waals surface area contributed by atoms with E-state index in [2.05, 4.69) is 25.2 Å². The van der Waals surface area contributed by atoms with Crippen LogP contribution in [0.15, 0.2) is 6.33 Å². The Morgan fingerprint density at radius 2 is 1.90 bits per heavy atom. The second-order valence-corrected chi connectivity index (χ2v) is 14.0. The number of aliphatic hydroxyl groups excluding tert-OH is 2. The van der Waals surface area contributed by atoms with E-state index in [1.165, 1.54) is 10.9 Å². The smallest absolute Gasteiger partial charge is 0.413 e. The summed E-state index contributed by atoms with van der Waals surface area (Å²) in [4.78, 5) is 54.7. The molecule has 6 N–H and O–H groups in total. The van der Waals surface area contributed by atoms with Gasteiger partial charge in [0.1, 0.15) is 24.4 Å². The van der Waals surface area contributed by atoms with Crippen molar-refractivity contribution in [3.8, 4) is 0 Å². The highest BCUT2D eigenvalue weighted by Gasteiger charge is 2.46. The molecule has 20 heteroatoms. The molecule has 0 saturated carbocycles. The molecule has 0 aliphatic carbocycles. The van der Waals surface area contributed by atoms with Crippen molar-refractivity contribution in [3.63, 3.8) is 0 Å². The van der Waals surface area contributed by atoms with Crippen LogP contribution in [0, 0.1) is 5.92 Å². The summed E-state index contributed by atoms with van der Waals surface area (Å²) in [6.45, 7) is 1.86. The molecule has 4 aliphatic heterocycles. The monoisotopic (exact) mass is 612 g/mol. The van der Waals surface area contributed by atoms with Crippen LogP contribution >= 0.6 is 26.8 Å². The van der Waals surface area contributed by atoms with Crippen molar-refractivity contribution in [2.45, 2.75) is 43.5 Å². The van der Waals surface area contributed by atoms with Crippen molar-refractivity contribution in [3.05, 3.63) is 11.6 Å². The first-order valence-electron chi connectivity index (χ1n) is 11.9. The number of aromatic nitrogens is 4. The molecule has 0 spiro atoms. The van der Waals surface area contributed by atoms with Crippen LogP contribution in [0.2, 0.25) is 5.28 Å². The summed E-state index contributed by atoms with van der Waals surface area (Å²) in [5.74, 6) is -1.19. The van der Waals surface area contributed by atoms with Crippen molar-refractivity contribution in [2.24, 2.45) is 5.92 Å². The number of imidazole rings is 1. The fourth-order valence-corrected chi connectivity index (χ4v) is 7.77. The third-order valence-corrected chi connectivity index (χ3v) is 10.5. The van der Waals surface area contributed by atoms with Gasteiger partial charge in [0.15, 0.2) is 29.1 Å². The molecule has 6 atom stereocenters. The van der Waals surface area contributed by atoms with Gasteiger partial charge in [0.25, 0.3) is 0 Å². The number of nitrogens with one attached hydrogen (secondary N) is 1. The molecule has 216 valence electrons. The summed E-state index contributed by atoms with van der Waals surface area (Å²) < 4.78 is 40.1. The highest BCUT2D eigenvalue weighted by Crippen LogP contribution is 2.55. The zero-order chi connectivity index (χ0) is 28.1. The molecule has 39 heavy (non-hydrogen) atoms. The fraction of sp³-hybridized carbons (Fsp3) is 0.684. The SMILES string of the molecule is O=C(Nc1nc(Cl)nc2c1ncn2[C@@H]1O[C@H](COP(=O)(O)CP(=O)(O)O)[C@H](O)C1O)OC1CN2CCC1CC2. The lowest BCUT2D eigenvalue weighted by molar-refractivity contribution is -0.0483. The largest absolute Gasteiger partial charge is 0.444 e. The lowest BCUT2D eigenvalue weighted by atomic mass is 9.86. The molecular formula is C19H27ClN6O11P2. The minimum absolute atomic E-state index is 0.0280. The first kappa shape index (κ1) is 28.8. The number of carbonyl (C=O) groups is 1. The molecular weight excluding hydrogens is 586 g/mol. The first-order chi connectivity index (χ1) is 18.3. The van der Waals surface area contributed by atoms with Crippen molar-refractivity contribution in [1.29, 1.82) is 0 Å². The van der Waals surface area contributed by atoms with Gasteiger partial charge in [0.05, 0.1) is 12.9 Å². The Balaban J connectivity index is 1.29. The van der Waals surface area contributed by atoms with Crippen LogP contribution in [-0.4, -0.2) is 112 Å². The maximum absolute atomic E-state index is 12.7. The van der Waals surface area contributed by atoms with E-state index < -0.39 is 58.3 Å². The van der Waals surface area contributed by atoms with Crippen LogP contribution in [0.5, 0.6) is 0 Å². The van der Waals surface area contributed by atoms with Crippen molar-refractivity contribution in [2.75, 3.05) is 37.5 Å². The van der Waals surface area contributed by atoms with Crippen molar-refractivity contribution in [1.82, 2.24) is 24.4 Å². The second kappa shape index (κ2) is 10.9. The summed E-state index contributed by atoms with van der Waals surface area (Å²) in [5.41, 5.74) is 0.108. The quantitative estimate of drug-likeness (QED) is 0.171. The van der Waals surface area contributed by atoms with Crippen LogP contribution in [-0.2, 0) is 23.1 Å². The number of fused-ring (bicyclic) bond motifs is 4. The maximum Gasteiger partial charge on any atom is 0.413 e. The van der Waals surface area contributed by atoms with E-state index in [4.69, 9.17) is 35.4 Å². The Morgan fingerprint density at radius 1 is 1.18 bits per heavy atom. The van der Waals surface area contributed by atoms with Gasteiger partial charge in [-0.25, -0.2) is 9.78 Å². The minimum Gasteiger partial charge on any atom is -0.444 e. The van der Waals surface area contributed by atoms with E-state index in [0.717, 1.165) is 25.9 Å². The molecule has 6 heterocycles. The summed E-state index contributed by atoms with van der Waals surface area (Å²) in [6, 6.07) is 0. The Hall–Kier alpha value is -1.75. The number of aliphatic hydroxyl groups is 2. The summed E-state index contributed by atoms with van der Waals surface area (Å²) in [6.07, 6.45) is -3.78. The Morgan fingerprint density at radius 3 is 2.54 bits per heavy atom. The van der Waals surface area contributed by atoms with Gasteiger partial charge in [0, 0.05) is 6.54 Å². The number of rotatable bonds is 8. The predicted molar refractivity (Wildman–Crippen MR) is 132 cm³/mol. The predicted octanol–water partition coefficient (Wildman–Crippen LogP) is 0.0788. The van der Waals surface area contributed by atoms with Gasteiger partial charge < -0.3 is 38.9 Å². The highest BCUT2D eigenvalue weighted by molar-refractivity contribution is 7.70. The maximum atomic E-state index is 12.7. The number of carbonyl (C=O) groups excluding carboxylic acids is 1. The molecule has 4 saturated heterocycles. The van der Waals surface area contributed by atoms with E-state index in [-0.39, 0.29) is 34.3 Å². The van der Waals surface area contributed by atoms with Gasteiger partial charge in [0.2, 0.25) is 5.28 Å². The average molecular weight is 613 g/mol. The lowest BCUT2D eigenvalue weighted by Crippen LogP contribution is -2.52. The Kier molecular flexibility index (Phi) is 8.05. The second-order valence-electron chi connectivity index (χ2n) is 9.66. The molecule has 4 aliphatic rings. The summed E-state index contributed by atoms with van der Waals surface area (Å²) in [5, 5.41) is 23.3. The molecule has 0 aromatic carbocycles. The van der Waals surface area contributed by atoms with Gasteiger partial charge >= 0.3 is 21.3 Å². The first-order valence-corrected chi connectivity index (χ1v) is 15.9. The number of amides is 1. The van der Waals surface area contributed by atoms with E-state index in [1.54, 1.807) is 0 Å². The van der Waals surface area contributed by atoms with Gasteiger partial charge in [-0.1, -0.05) is 0 Å². The standard InChI is InChI=1S/C19H27ClN6O11P2/c20-18-22-15(23-19(29)37-10-5-25-3-1-9(10)2-4-25)12-16(24-18)26(7-21-12)17-14(28)13(27)11(36-17)6-35-39(33,34)8-38(30,31)32/h7,9-11,13-14,17,27-28H,1-6,8H2,(H,33,34)(H2,30,31,32)(H,22,23,24,29)/t10?,11-,13+,14?,17-/m1/s1. The third-order valence-electron chi connectivity index (χ3n) is 6.88. The average Bonchev–Trinajstić information content (AvgIpc) is 3.38. The number of piperidine rings is 3. The van der Waals surface area contributed by atoms with Crippen LogP contribution in [0.25, 0.3) is 11.2 Å². The molecule has 2 aromatic rings. The molecule has 3 unspecified atom stereocenters. The van der Waals surface area contributed by atoms with Crippen molar-refractivity contribution < 1.29 is 52.8 Å². The number of halogens is 1. The Bertz CT molecular complexity index is 1330. The zero-order valence-electron chi connectivity index (χ0n) is 20.2. The molecule has 2 aromatic heterocycles. The van der Waals surface area contributed by atoms with Crippen LogP contribution in [0.3, 0.4) is 0 Å². The van der Waals surface area contributed by atoms with Crippen molar-refractivity contribution >= 4 is 49.9 Å². The van der Waals surface area contributed by atoms with E-state index in [1.807, 2.05) is 0 Å². The van der Waals surface area contributed by atoms with Gasteiger partial charge in [-0.3, -0.25) is 23.9 Å². The molecule has 4 fully saturated rings. The minimum atomic E-state index is -4.86. The molecule has 1 amide bonds. The number of ether oxygens (including phenoxy) is 2. The Labute approximate surface area is 225 Å². The lowest BCUT2D eigenvalue weighted by Gasteiger charge is -2.43. The van der Waals surface area contributed by atoms with Crippen LogP contribution in [0.1, 0.15) is 19.1 Å². The van der Waals surface area contributed by atoms with E-state index in [9.17, 15) is 29.0 Å². The van der Waals surface area contributed by atoms with E-state index >= 15 is 0 Å². The molecule has 6 rings (SSSR count). The van der Waals surface area contributed by atoms with Crippen LogP contribution in [0.4, 0.5) is 10.6 Å². The molecule has 0 radical (unpaired) electrons. The number of hydrogen-bond donors (Lipinski definition) is 6. The highest BCUT2D eigenvalue weighted by atomic mass is 35.5. The van der Waals surface area contributed by atoms with Gasteiger partial charge in [-0.05, 0) is 43.5 Å². The number of nitrogens with zero attached hydrogens (tertiary/aromatic N) is 5. The van der Waals surface area contributed by atoms with Gasteiger partial charge in [-0.15, -0.1) is 0 Å². The zero-order valence-corrected chi connectivity index (χ0v) is 22.7.